The first-order chi connectivity index (χ1) is 15.6. The molecule has 2 aromatic heterocycles. The maximum absolute atomic E-state index is 13.6. The number of rotatable bonds is 8. The smallest absolute Gasteiger partial charge is 0.247 e. The Morgan fingerprint density at radius 1 is 0.969 bits per heavy atom. The molecule has 1 saturated carbocycles. The Balaban J connectivity index is 1.66. The fourth-order valence-electron chi connectivity index (χ4n) is 4.20. The summed E-state index contributed by atoms with van der Waals surface area (Å²) in [6, 6.07) is 14.6. The first-order valence-corrected chi connectivity index (χ1v) is 13.1. The van der Waals surface area contributed by atoms with Gasteiger partial charge in [0, 0.05) is 20.8 Å². The van der Waals surface area contributed by atoms with Crippen LogP contribution in [0.1, 0.15) is 53.5 Å². The average Bonchev–Trinajstić information content (AvgIpc) is 3.49. The summed E-state index contributed by atoms with van der Waals surface area (Å²) in [6.45, 7) is 0.396. The Morgan fingerprint density at radius 3 is 2.25 bits per heavy atom. The van der Waals surface area contributed by atoms with Gasteiger partial charge in [-0.1, -0.05) is 55.1 Å². The molecule has 0 radical (unpaired) electrons. The zero-order chi connectivity index (χ0) is 22.3. The van der Waals surface area contributed by atoms with Crippen molar-refractivity contribution in [1.29, 1.82) is 0 Å². The number of benzene rings is 1. The lowest BCUT2D eigenvalue weighted by molar-refractivity contribution is -0.141. The van der Waals surface area contributed by atoms with E-state index in [9.17, 15) is 9.59 Å². The van der Waals surface area contributed by atoms with Gasteiger partial charge in [0.2, 0.25) is 11.8 Å². The molecule has 4 nitrogen and oxygen atoms in total. The van der Waals surface area contributed by atoms with Gasteiger partial charge >= 0.3 is 0 Å². The molecule has 3 aromatic rings. The zero-order valence-corrected chi connectivity index (χ0v) is 20.2. The van der Waals surface area contributed by atoms with Crippen molar-refractivity contribution in [2.45, 2.75) is 57.2 Å². The second-order valence-corrected chi connectivity index (χ2v) is 10.7. The third kappa shape index (κ3) is 6.00. The van der Waals surface area contributed by atoms with E-state index in [-0.39, 0.29) is 24.3 Å². The molecule has 168 valence electrons. The molecule has 32 heavy (non-hydrogen) atoms. The monoisotopic (exact) mass is 486 g/mol. The number of nitrogens with one attached hydrogen (secondary N) is 1. The summed E-state index contributed by atoms with van der Waals surface area (Å²) in [5, 5.41) is 7.82. The standard InChI is InChI=1S/C25H27ClN2O2S2/c26-19-12-10-18(11-13-19)24(25(30)27-20-6-2-1-3-7-20)28(17-22-9-5-15-32-22)23(29)16-21-8-4-14-31-21/h4-5,8-15,20,24H,1-3,6-7,16-17H2,(H,27,30)/t24-/m0/s1. The van der Waals surface area contributed by atoms with Crippen LogP contribution in [0.2, 0.25) is 5.02 Å². The minimum atomic E-state index is -0.705. The maximum atomic E-state index is 13.6. The fraction of sp³-hybridized carbons (Fsp3) is 0.360. The molecule has 2 amide bonds. The summed E-state index contributed by atoms with van der Waals surface area (Å²) < 4.78 is 0. The number of hydrogen-bond donors (Lipinski definition) is 1. The van der Waals surface area contributed by atoms with E-state index < -0.39 is 6.04 Å². The molecule has 4 rings (SSSR count). The SMILES string of the molecule is O=C(NC1CCCCC1)[C@H](c1ccc(Cl)cc1)N(Cc1cccs1)C(=O)Cc1cccs1. The highest BCUT2D eigenvalue weighted by atomic mass is 35.5. The van der Waals surface area contributed by atoms with E-state index in [0.717, 1.165) is 41.0 Å². The van der Waals surface area contributed by atoms with Gasteiger partial charge in [0.25, 0.3) is 0 Å². The predicted octanol–water partition coefficient (Wildman–Crippen LogP) is 6.22. The number of carbonyl (C=O) groups is 2. The van der Waals surface area contributed by atoms with Crippen LogP contribution in [0.25, 0.3) is 0 Å². The predicted molar refractivity (Wildman–Crippen MR) is 132 cm³/mol. The highest BCUT2D eigenvalue weighted by Gasteiger charge is 2.33. The molecule has 0 spiro atoms. The summed E-state index contributed by atoms with van der Waals surface area (Å²) in [4.78, 5) is 31.0. The van der Waals surface area contributed by atoms with Crippen LogP contribution < -0.4 is 5.32 Å². The van der Waals surface area contributed by atoms with E-state index in [1.165, 1.54) is 6.42 Å². The Kier molecular flexibility index (Phi) is 8.00. The van der Waals surface area contributed by atoms with E-state index in [1.54, 1.807) is 39.7 Å². The number of thiophene rings is 2. The molecule has 1 aromatic carbocycles. The quantitative estimate of drug-likeness (QED) is 0.410. The van der Waals surface area contributed by atoms with Crippen molar-refractivity contribution in [1.82, 2.24) is 10.2 Å². The van der Waals surface area contributed by atoms with Gasteiger partial charge in [-0.05, 0) is 53.4 Å². The van der Waals surface area contributed by atoms with E-state index >= 15 is 0 Å². The molecule has 2 heterocycles. The van der Waals surface area contributed by atoms with Crippen LogP contribution in [0.15, 0.2) is 59.3 Å². The van der Waals surface area contributed by atoms with Crippen molar-refractivity contribution in [2.75, 3.05) is 0 Å². The van der Waals surface area contributed by atoms with Crippen LogP contribution in [0.5, 0.6) is 0 Å². The van der Waals surface area contributed by atoms with Crippen molar-refractivity contribution in [3.05, 3.63) is 79.6 Å². The minimum absolute atomic E-state index is 0.0559. The van der Waals surface area contributed by atoms with Crippen LogP contribution >= 0.6 is 34.3 Å². The van der Waals surface area contributed by atoms with Gasteiger partial charge < -0.3 is 10.2 Å². The average molecular weight is 487 g/mol. The highest BCUT2D eigenvalue weighted by Crippen LogP contribution is 2.28. The molecular weight excluding hydrogens is 460 g/mol. The summed E-state index contributed by atoms with van der Waals surface area (Å²) in [5.41, 5.74) is 0.777. The molecule has 1 aliphatic rings. The van der Waals surface area contributed by atoms with Crippen molar-refractivity contribution < 1.29 is 9.59 Å². The highest BCUT2D eigenvalue weighted by molar-refractivity contribution is 7.10. The summed E-state index contributed by atoms with van der Waals surface area (Å²) in [6.07, 6.45) is 5.75. The molecule has 1 N–H and O–H groups in total. The first-order valence-electron chi connectivity index (χ1n) is 11.0. The molecular formula is C25H27ClN2O2S2. The maximum Gasteiger partial charge on any atom is 0.247 e. The lowest BCUT2D eigenvalue weighted by atomic mass is 9.94. The van der Waals surface area contributed by atoms with Crippen molar-refractivity contribution in [3.63, 3.8) is 0 Å². The first kappa shape index (κ1) is 23.0. The van der Waals surface area contributed by atoms with E-state index in [4.69, 9.17) is 11.6 Å². The summed E-state index contributed by atoms with van der Waals surface area (Å²) in [5.74, 6) is -0.171. The number of nitrogens with zero attached hydrogens (tertiary/aromatic N) is 1. The van der Waals surface area contributed by atoms with Crippen LogP contribution in [0.4, 0.5) is 0 Å². The Bertz CT molecular complexity index is 997. The van der Waals surface area contributed by atoms with Gasteiger partial charge in [-0.25, -0.2) is 0 Å². The van der Waals surface area contributed by atoms with E-state index in [0.29, 0.717) is 11.6 Å². The van der Waals surface area contributed by atoms with Crippen LogP contribution in [-0.4, -0.2) is 22.8 Å². The summed E-state index contributed by atoms with van der Waals surface area (Å²) >= 11 is 9.28. The normalized spacial score (nSPS) is 15.3. The van der Waals surface area contributed by atoms with Crippen molar-refractivity contribution in [3.8, 4) is 0 Å². The number of hydrogen-bond acceptors (Lipinski definition) is 4. The second kappa shape index (κ2) is 11.1. The van der Waals surface area contributed by atoms with Gasteiger partial charge in [-0.3, -0.25) is 9.59 Å². The van der Waals surface area contributed by atoms with Gasteiger partial charge in [-0.2, -0.15) is 0 Å². The Morgan fingerprint density at radius 2 is 1.62 bits per heavy atom. The molecule has 0 bridgehead atoms. The minimum Gasteiger partial charge on any atom is -0.351 e. The van der Waals surface area contributed by atoms with Crippen LogP contribution in [0.3, 0.4) is 0 Å². The van der Waals surface area contributed by atoms with E-state index in [2.05, 4.69) is 5.32 Å². The molecule has 7 heteroatoms. The van der Waals surface area contributed by atoms with Gasteiger partial charge in [0.15, 0.2) is 0 Å². The molecule has 1 atom stereocenters. The molecule has 1 aliphatic carbocycles. The second-order valence-electron chi connectivity index (χ2n) is 8.15. The molecule has 0 unspecified atom stereocenters. The number of amides is 2. The Labute approximate surface area is 202 Å². The van der Waals surface area contributed by atoms with Crippen LogP contribution in [0, 0.1) is 0 Å². The largest absolute Gasteiger partial charge is 0.351 e. The Hall–Kier alpha value is -2.15. The van der Waals surface area contributed by atoms with Crippen LogP contribution in [-0.2, 0) is 22.6 Å². The van der Waals surface area contributed by atoms with Gasteiger partial charge in [-0.15, -0.1) is 22.7 Å². The topological polar surface area (TPSA) is 49.4 Å². The molecule has 1 fully saturated rings. The van der Waals surface area contributed by atoms with Gasteiger partial charge in [0.05, 0.1) is 13.0 Å². The third-order valence-electron chi connectivity index (χ3n) is 5.83. The summed E-state index contributed by atoms with van der Waals surface area (Å²) in [7, 11) is 0. The molecule has 0 aliphatic heterocycles. The number of carbonyl (C=O) groups excluding carboxylic acids is 2. The molecule has 0 saturated heterocycles. The third-order valence-corrected chi connectivity index (χ3v) is 7.82. The van der Waals surface area contributed by atoms with Gasteiger partial charge in [0.1, 0.15) is 6.04 Å². The lowest BCUT2D eigenvalue weighted by Gasteiger charge is -2.33. The van der Waals surface area contributed by atoms with Crippen molar-refractivity contribution >= 4 is 46.1 Å². The fourth-order valence-corrected chi connectivity index (χ4v) is 5.73. The van der Waals surface area contributed by atoms with E-state index in [1.807, 2.05) is 47.2 Å². The zero-order valence-electron chi connectivity index (χ0n) is 17.8. The lowest BCUT2D eigenvalue weighted by Crippen LogP contribution is -2.47. The number of halogens is 1. The van der Waals surface area contributed by atoms with Crippen molar-refractivity contribution in [2.24, 2.45) is 0 Å².